The summed E-state index contributed by atoms with van der Waals surface area (Å²) >= 11 is 1.66. The van der Waals surface area contributed by atoms with E-state index in [9.17, 15) is 4.79 Å². The van der Waals surface area contributed by atoms with E-state index in [1.807, 2.05) is 0 Å². The van der Waals surface area contributed by atoms with E-state index in [4.69, 9.17) is 0 Å². The molecule has 3 nitrogen and oxygen atoms in total. The van der Waals surface area contributed by atoms with Crippen molar-refractivity contribution in [2.45, 2.75) is 38.6 Å². The van der Waals surface area contributed by atoms with Gasteiger partial charge in [0, 0.05) is 18.8 Å². The molecule has 138 valence electrons. The average molecular weight is 369 g/mol. The minimum absolute atomic E-state index is 0.100. The Hall–Kier alpha value is -1.78. The van der Waals surface area contributed by atoms with Gasteiger partial charge in [0.15, 0.2) is 0 Å². The van der Waals surface area contributed by atoms with E-state index in [0.29, 0.717) is 12.3 Å². The molecule has 1 aliphatic rings. The van der Waals surface area contributed by atoms with Gasteiger partial charge in [-0.3, -0.25) is 9.69 Å². The number of amides is 1. The molecule has 3 rings (SSSR count). The van der Waals surface area contributed by atoms with Crippen molar-refractivity contribution in [2.75, 3.05) is 18.8 Å². The SMILES string of the molecule is Cc1ccc(CSCC(=O)NCc2ccc(CN3CCCC3)cc2)cc1. The van der Waals surface area contributed by atoms with Crippen LogP contribution >= 0.6 is 11.8 Å². The molecule has 0 atom stereocenters. The Kier molecular flexibility index (Phi) is 7.15. The Bertz CT molecular complexity index is 691. The fraction of sp³-hybridized carbons (Fsp3) is 0.409. The number of nitrogens with zero attached hydrogens (tertiary/aromatic N) is 1. The molecule has 0 aromatic heterocycles. The first-order valence-corrected chi connectivity index (χ1v) is 10.5. The van der Waals surface area contributed by atoms with Crippen molar-refractivity contribution < 1.29 is 4.79 Å². The molecule has 0 spiro atoms. The zero-order chi connectivity index (χ0) is 18.2. The highest BCUT2D eigenvalue weighted by atomic mass is 32.2. The van der Waals surface area contributed by atoms with Gasteiger partial charge in [0.25, 0.3) is 0 Å². The number of nitrogens with one attached hydrogen (secondary N) is 1. The molecular formula is C22H28N2OS. The van der Waals surface area contributed by atoms with E-state index >= 15 is 0 Å². The molecule has 0 saturated carbocycles. The van der Waals surface area contributed by atoms with Crippen LogP contribution in [0.5, 0.6) is 0 Å². The predicted octanol–water partition coefficient (Wildman–Crippen LogP) is 4.14. The van der Waals surface area contributed by atoms with Crippen LogP contribution in [0.3, 0.4) is 0 Å². The molecule has 0 radical (unpaired) electrons. The van der Waals surface area contributed by atoms with E-state index in [2.05, 4.69) is 65.7 Å². The lowest BCUT2D eigenvalue weighted by Gasteiger charge is -2.14. The van der Waals surface area contributed by atoms with Gasteiger partial charge in [0.2, 0.25) is 5.91 Å². The van der Waals surface area contributed by atoms with Crippen LogP contribution in [0.1, 0.15) is 35.1 Å². The number of benzene rings is 2. The molecule has 2 aromatic rings. The molecule has 2 aromatic carbocycles. The summed E-state index contributed by atoms with van der Waals surface area (Å²) in [6.45, 7) is 6.18. The maximum Gasteiger partial charge on any atom is 0.230 e. The lowest BCUT2D eigenvalue weighted by Crippen LogP contribution is -2.24. The molecule has 1 N–H and O–H groups in total. The lowest BCUT2D eigenvalue weighted by atomic mass is 10.1. The van der Waals surface area contributed by atoms with Gasteiger partial charge in [-0.2, -0.15) is 0 Å². The molecule has 1 aliphatic heterocycles. The number of thioether (sulfide) groups is 1. The van der Waals surface area contributed by atoms with Crippen LogP contribution in [-0.2, 0) is 23.6 Å². The Morgan fingerprint density at radius 3 is 2.27 bits per heavy atom. The molecule has 0 bridgehead atoms. The summed E-state index contributed by atoms with van der Waals surface area (Å²) in [5.41, 5.74) is 5.05. The van der Waals surface area contributed by atoms with E-state index < -0.39 is 0 Å². The summed E-state index contributed by atoms with van der Waals surface area (Å²) in [5, 5.41) is 3.02. The molecule has 26 heavy (non-hydrogen) atoms. The van der Waals surface area contributed by atoms with Crippen molar-refractivity contribution >= 4 is 17.7 Å². The third kappa shape index (κ3) is 6.19. The Morgan fingerprint density at radius 2 is 1.58 bits per heavy atom. The quantitative estimate of drug-likeness (QED) is 0.760. The summed E-state index contributed by atoms with van der Waals surface area (Å²) in [4.78, 5) is 14.5. The molecule has 0 unspecified atom stereocenters. The predicted molar refractivity (Wildman–Crippen MR) is 110 cm³/mol. The van der Waals surface area contributed by atoms with Gasteiger partial charge < -0.3 is 5.32 Å². The number of hydrogen-bond donors (Lipinski definition) is 1. The normalized spacial score (nSPS) is 14.5. The smallest absolute Gasteiger partial charge is 0.230 e. The lowest BCUT2D eigenvalue weighted by molar-refractivity contribution is -0.118. The average Bonchev–Trinajstić information content (AvgIpc) is 3.16. The zero-order valence-electron chi connectivity index (χ0n) is 15.5. The maximum absolute atomic E-state index is 12.0. The Morgan fingerprint density at radius 1 is 0.962 bits per heavy atom. The molecule has 0 aliphatic carbocycles. The van der Waals surface area contributed by atoms with Crippen molar-refractivity contribution in [3.8, 4) is 0 Å². The van der Waals surface area contributed by atoms with Crippen molar-refractivity contribution in [1.82, 2.24) is 10.2 Å². The molecule has 1 amide bonds. The topological polar surface area (TPSA) is 32.3 Å². The van der Waals surface area contributed by atoms with Gasteiger partial charge in [0.1, 0.15) is 0 Å². The molecular weight excluding hydrogens is 340 g/mol. The van der Waals surface area contributed by atoms with Crippen LogP contribution in [0, 0.1) is 6.92 Å². The summed E-state index contributed by atoms with van der Waals surface area (Å²) in [7, 11) is 0. The molecule has 4 heteroatoms. The van der Waals surface area contributed by atoms with Crippen LogP contribution < -0.4 is 5.32 Å². The van der Waals surface area contributed by atoms with Gasteiger partial charge >= 0.3 is 0 Å². The highest BCUT2D eigenvalue weighted by Gasteiger charge is 2.11. The largest absolute Gasteiger partial charge is 0.351 e. The van der Waals surface area contributed by atoms with Crippen molar-refractivity contribution in [1.29, 1.82) is 0 Å². The first-order valence-electron chi connectivity index (χ1n) is 9.39. The van der Waals surface area contributed by atoms with Crippen LogP contribution in [-0.4, -0.2) is 29.6 Å². The second kappa shape index (κ2) is 9.79. The second-order valence-electron chi connectivity index (χ2n) is 7.05. The van der Waals surface area contributed by atoms with Crippen molar-refractivity contribution in [3.63, 3.8) is 0 Å². The standard InChI is InChI=1S/C22H28N2OS/c1-18-4-6-21(7-5-18)16-26-17-22(25)23-14-19-8-10-20(11-9-19)15-24-12-2-3-13-24/h4-11H,2-3,12-17H2,1H3,(H,23,25). The van der Waals surface area contributed by atoms with Gasteiger partial charge in [-0.15, -0.1) is 11.8 Å². The number of rotatable bonds is 8. The fourth-order valence-corrected chi connectivity index (χ4v) is 3.98. The van der Waals surface area contributed by atoms with E-state index in [-0.39, 0.29) is 5.91 Å². The highest BCUT2D eigenvalue weighted by molar-refractivity contribution is 7.99. The summed E-state index contributed by atoms with van der Waals surface area (Å²) in [6.07, 6.45) is 2.65. The molecule has 1 fully saturated rings. The summed E-state index contributed by atoms with van der Waals surface area (Å²) in [5.74, 6) is 1.48. The van der Waals surface area contributed by atoms with Gasteiger partial charge in [0.05, 0.1) is 5.75 Å². The minimum Gasteiger partial charge on any atom is -0.351 e. The van der Waals surface area contributed by atoms with Crippen LogP contribution in [0.25, 0.3) is 0 Å². The Labute approximate surface area is 161 Å². The van der Waals surface area contributed by atoms with Crippen LogP contribution in [0.15, 0.2) is 48.5 Å². The van der Waals surface area contributed by atoms with Crippen molar-refractivity contribution in [2.24, 2.45) is 0 Å². The summed E-state index contributed by atoms with van der Waals surface area (Å²) in [6, 6.07) is 17.1. The molecule has 1 heterocycles. The maximum atomic E-state index is 12.0. The first-order chi connectivity index (χ1) is 12.7. The minimum atomic E-state index is 0.100. The number of hydrogen-bond acceptors (Lipinski definition) is 3. The van der Waals surface area contributed by atoms with Gasteiger partial charge in [-0.25, -0.2) is 0 Å². The second-order valence-corrected chi connectivity index (χ2v) is 8.04. The van der Waals surface area contributed by atoms with E-state index in [0.717, 1.165) is 17.9 Å². The number of aryl methyl sites for hydroxylation is 1. The third-order valence-electron chi connectivity index (χ3n) is 4.74. The number of carbonyl (C=O) groups excluding carboxylic acids is 1. The van der Waals surface area contributed by atoms with Gasteiger partial charge in [-0.05, 0) is 49.5 Å². The highest BCUT2D eigenvalue weighted by Crippen LogP contribution is 2.14. The summed E-state index contributed by atoms with van der Waals surface area (Å²) < 4.78 is 0. The zero-order valence-corrected chi connectivity index (χ0v) is 16.4. The van der Waals surface area contributed by atoms with Crippen LogP contribution in [0.2, 0.25) is 0 Å². The fourth-order valence-electron chi connectivity index (χ4n) is 3.16. The number of carbonyl (C=O) groups is 1. The van der Waals surface area contributed by atoms with Crippen LogP contribution in [0.4, 0.5) is 0 Å². The van der Waals surface area contributed by atoms with Gasteiger partial charge in [-0.1, -0.05) is 54.1 Å². The Balaban J connectivity index is 1.35. The molecule has 1 saturated heterocycles. The van der Waals surface area contributed by atoms with E-state index in [1.165, 1.54) is 42.6 Å². The number of likely N-dealkylation sites (tertiary alicyclic amines) is 1. The van der Waals surface area contributed by atoms with E-state index in [1.54, 1.807) is 11.8 Å². The first kappa shape index (κ1) is 19.0. The third-order valence-corrected chi connectivity index (χ3v) is 5.74. The van der Waals surface area contributed by atoms with Crippen molar-refractivity contribution in [3.05, 3.63) is 70.8 Å². The monoisotopic (exact) mass is 368 g/mol.